The molecule has 33 heavy (non-hydrogen) atoms. The highest BCUT2D eigenvalue weighted by Crippen LogP contribution is 2.28. The second-order valence-corrected chi connectivity index (χ2v) is 7.92. The van der Waals surface area contributed by atoms with Crippen LogP contribution in [0.25, 0.3) is 11.4 Å². The lowest BCUT2D eigenvalue weighted by Crippen LogP contribution is -2.45. The smallest absolute Gasteiger partial charge is 0.324 e. The van der Waals surface area contributed by atoms with Crippen molar-refractivity contribution < 1.29 is 18.8 Å². The molecule has 0 aliphatic carbocycles. The number of ether oxygens (including phenoxy) is 2. The first-order valence-electron chi connectivity index (χ1n) is 11.4. The van der Waals surface area contributed by atoms with Gasteiger partial charge in [-0.25, -0.2) is 0 Å². The molecule has 1 atom stereocenters. The molecule has 1 aliphatic heterocycles. The highest BCUT2D eigenvalue weighted by molar-refractivity contribution is 5.95. The van der Waals surface area contributed by atoms with Gasteiger partial charge in [0.2, 0.25) is 11.7 Å². The van der Waals surface area contributed by atoms with Crippen molar-refractivity contribution in [2.45, 2.75) is 26.7 Å². The van der Waals surface area contributed by atoms with Crippen LogP contribution in [-0.2, 0) is 4.79 Å². The lowest BCUT2D eigenvalue weighted by atomic mass is 9.96. The van der Waals surface area contributed by atoms with Crippen LogP contribution in [0.1, 0.15) is 26.7 Å². The van der Waals surface area contributed by atoms with Gasteiger partial charge in [0.25, 0.3) is 0 Å². The number of nitrogens with zero attached hydrogens (tertiary/aromatic N) is 4. The van der Waals surface area contributed by atoms with Crippen molar-refractivity contribution in [2.24, 2.45) is 5.92 Å². The van der Waals surface area contributed by atoms with E-state index in [1.54, 1.807) is 7.11 Å². The number of carbonyl (C=O) groups is 1. The monoisotopic (exact) mass is 450 g/mol. The lowest BCUT2D eigenvalue weighted by Gasteiger charge is -2.33. The fourth-order valence-corrected chi connectivity index (χ4v) is 4.13. The summed E-state index contributed by atoms with van der Waals surface area (Å²) in [6, 6.07) is 15.6. The molecular weight excluding hydrogens is 420 g/mol. The summed E-state index contributed by atoms with van der Waals surface area (Å²) in [5.74, 6) is 2.07. The maximum absolute atomic E-state index is 13.4. The Morgan fingerprint density at radius 3 is 2.52 bits per heavy atom. The fourth-order valence-electron chi connectivity index (χ4n) is 4.13. The van der Waals surface area contributed by atoms with Crippen molar-refractivity contribution in [3.63, 3.8) is 0 Å². The summed E-state index contributed by atoms with van der Waals surface area (Å²) < 4.78 is 16.3. The van der Waals surface area contributed by atoms with E-state index in [1.165, 1.54) is 0 Å². The Hall–Kier alpha value is -3.55. The second kappa shape index (κ2) is 10.4. The maximum atomic E-state index is 13.4. The fraction of sp³-hybridized carbons (Fsp3) is 0.400. The molecule has 1 amide bonds. The molecule has 0 saturated carbocycles. The van der Waals surface area contributed by atoms with Crippen molar-refractivity contribution in [2.75, 3.05) is 43.2 Å². The van der Waals surface area contributed by atoms with E-state index in [9.17, 15) is 4.79 Å². The van der Waals surface area contributed by atoms with Crippen molar-refractivity contribution in [3.8, 4) is 22.9 Å². The van der Waals surface area contributed by atoms with E-state index >= 15 is 0 Å². The first-order valence-corrected chi connectivity index (χ1v) is 11.4. The van der Waals surface area contributed by atoms with Crippen LogP contribution in [0.5, 0.6) is 11.5 Å². The highest BCUT2D eigenvalue weighted by Gasteiger charge is 2.31. The first kappa shape index (κ1) is 22.6. The molecule has 1 aliphatic rings. The van der Waals surface area contributed by atoms with E-state index in [4.69, 9.17) is 14.0 Å². The number of hydrogen-bond acceptors (Lipinski definition) is 7. The van der Waals surface area contributed by atoms with Gasteiger partial charge in [-0.05, 0) is 75.2 Å². The molecule has 3 aromatic rings. The Kier molecular flexibility index (Phi) is 7.12. The van der Waals surface area contributed by atoms with Gasteiger partial charge in [-0.15, -0.1) is 0 Å². The third-order valence-electron chi connectivity index (χ3n) is 5.85. The molecule has 0 N–H and O–H groups in total. The van der Waals surface area contributed by atoms with Gasteiger partial charge in [-0.3, -0.25) is 4.79 Å². The first-order chi connectivity index (χ1) is 16.1. The molecule has 174 valence electrons. The summed E-state index contributed by atoms with van der Waals surface area (Å²) in [7, 11) is 1.63. The predicted molar refractivity (Wildman–Crippen MR) is 127 cm³/mol. The van der Waals surface area contributed by atoms with Gasteiger partial charge >= 0.3 is 6.01 Å². The number of benzene rings is 2. The third-order valence-corrected chi connectivity index (χ3v) is 5.85. The van der Waals surface area contributed by atoms with Crippen LogP contribution in [0, 0.1) is 5.92 Å². The molecule has 8 heteroatoms. The van der Waals surface area contributed by atoms with E-state index in [-0.39, 0.29) is 11.8 Å². The van der Waals surface area contributed by atoms with Gasteiger partial charge in [-0.1, -0.05) is 5.16 Å². The minimum Gasteiger partial charge on any atom is -0.497 e. The van der Waals surface area contributed by atoms with Gasteiger partial charge in [0.05, 0.1) is 19.6 Å². The molecule has 1 aromatic heterocycles. The van der Waals surface area contributed by atoms with Crippen LogP contribution in [-0.4, -0.2) is 49.4 Å². The lowest BCUT2D eigenvalue weighted by molar-refractivity contribution is -0.122. The zero-order chi connectivity index (χ0) is 23.2. The van der Waals surface area contributed by atoms with Crippen molar-refractivity contribution >= 4 is 17.6 Å². The molecule has 1 fully saturated rings. The molecule has 0 spiro atoms. The van der Waals surface area contributed by atoms with E-state index in [0.29, 0.717) is 31.5 Å². The minimum atomic E-state index is -0.137. The van der Waals surface area contributed by atoms with Gasteiger partial charge in [-0.2, -0.15) is 4.98 Å². The summed E-state index contributed by atoms with van der Waals surface area (Å²) in [4.78, 5) is 21.8. The largest absolute Gasteiger partial charge is 0.497 e. The van der Waals surface area contributed by atoms with Gasteiger partial charge < -0.3 is 23.8 Å². The number of rotatable bonds is 8. The number of amides is 1. The topological polar surface area (TPSA) is 80.9 Å². The Balaban J connectivity index is 1.45. The number of piperidine rings is 1. The number of hydrogen-bond donors (Lipinski definition) is 0. The van der Waals surface area contributed by atoms with Crippen LogP contribution in [0.15, 0.2) is 53.1 Å². The molecule has 2 aromatic carbocycles. The van der Waals surface area contributed by atoms with Gasteiger partial charge in [0, 0.05) is 30.9 Å². The molecule has 1 saturated heterocycles. The number of carbonyl (C=O) groups excluding carboxylic acids is 1. The molecule has 0 unspecified atom stereocenters. The average Bonchev–Trinajstić information content (AvgIpc) is 3.36. The third kappa shape index (κ3) is 5.10. The van der Waals surface area contributed by atoms with Crippen molar-refractivity contribution in [1.82, 2.24) is 10.1 Å². The van der Waals surface area contributed by atoms with Gasteiger partial charge in [0.15, 0.2) is 0 Å². The molecule has 2 heterocycles. The van der Waals surface area contributed by atoms with E-state index in [0.717, 1.165) is 42.1 Å². The summed E-state index contributed by atoms with van der Waals surface area (Å²) >= 11 is 0. The van der Waals surface area contributed by atoms with Crippen molar-refractivity contribution in [1.29, 1.82) is 0 Å². The summed E-state index contributed by atoms with van der Waals surface area (Å²) in [5.41, 5.74) is 1.73. The summed E-state index contributed by atoms with van der Waals surface area (Å²) in [6.45, 7) is 6.50. The van der Waals surface area contributed by atoms with E-state index < -0.39 is 0 Å². The molecule has 8 nitrogen and oxygen atoms in total. The zero-order valence-electron chi connectivity index (χ0n) is 19.4. The molecule has 4 rings (SSSR count). The summed E-state index contributed by atoms with van der Waals surface area (Å²) in [5, 5.41) is 4.13. The SMILES string of the molecule is CCOc1ccc(N(CC)C(=O)[C@H]2CCCN(c3nc(-c4ccc(OC)cc4)no3)C2)cc1. The normalized spacial score (nSPS) is 15.8. The Morgan fingerprint density at radius 1 is 1.12 bits per heavy atom. The van der Waals surface area contributed by atoms with Crippen LogP contribution in [0.4, 0.5) is 11.7 Å². The number of aromatic nitrogens is 2. The average molecular weight is 451 g/mol. The Bertz CT molecular complexity index is 1050. The number of anilines is 2. The van der Waals surface area contributed by atoms with E-state index in [1.807, 2.05) is 72.2 Å². The van der Waals surface area contributed by atoms with Crippen LogP contribution >= 0.6 is 0 Å². The predicted octanol–water partition coefficient (Wildman–Crippen LogP) is 4.41. The molecule has 0 radical (unpaired) electrons. The Labute approximate surface area is 194 Å². The molecule has 0 bridgehead atoms. The maximum Gasteiger partial charge on any atom is 0.324 e. The van der Waals surface area contributed by atoms with Crippen LogP contribution < -0.4 is 19.3 Å². The Morgan fingerprint density at radius 2 is 1.85 bits per heavy atom. The van der Waals surface area contributed by atoms with Crippen LogP contribution in [0.3, 0.4) is 0 Å². The second-order valence-electron chi connectivity index (χ2n) is 7.92. The number of methoxy groups -OCH3 is 1. The standard InChI is InChI=1S/C25H30N4O4/c1-4-29(20-10-14-22(15-11-20)32-5-2)24(30)19-7-6-16-28(17-19)25-26-23(27-33-25)18-8-12-21(31-3)13-9-18/h8-15,19H,4-7,16-17H2,1-3H3/t19-/m0/s1. The van der Waals surface area contributed by atoms with Gasteiger partial charge in [0.1, 0.15) is 11.5 Å². The zero-order valence-corrected chi connectivity index (χ0v) is 19.4. The highest BCUT2D eigenvalue weighted by atomic mass is 16.5. The van der Waals surface area contributed by atoms with Crippen molar-refractivity contribution in [3.05, 3.63) is 48.5 Å². The van der Waals surface area contributed by atoms with E-state index in [2.05, 4.69) is 10.1 Å². The minimum absolute atomic E-state index is 0.112. The van der Waals surface area contributed by atoms with Crippen LogP contribution in [0.2, 0.25) is 0 Å². The summed E-state index contributed by atoms with van der Waals surface area (Å²) in [6.07, 6.45) is 1.72. The quantitative estimate of drug-likeness (QED) is 0.503. The molecular formula is C25H30N4O4.